The van der Waals surface area contributed by atoms with Crippen LogP contribution in [0.3, 0.4) is 0 Å². The van der Waals surface area contributed by atoms with E-state index in [9.17, 15) is 4.79 Å². The van der Waals surface area contributed by atoms with Crippen molar-refractivity contribution < 1.29 is 4.79 Å². The van der Waals surface area contributed by atoms with Crippen LogP contribution >= 0.6 is 0 Å². The van der Waals surface area contributed by atoms with Crippen molar-refractivity contribution in [2.45, 2.75) is 0 Å². The zero-order chi connectivity index (χ0) is 16.1. The number of amides is 1. The van der Waals surface area contributed by atoms with Crippen LogP contribution in [0.15, 0.2) is 73.1 Å². The molecular weight excluding hydrogens is 288 g/mol. The molecule has 4 rings (SSSR count). The van der Waals surface area contributed by atoms with E-state index < -0.39 is 5.91 Å². The van der Waals surface area contributed by atoms with Crippen LogP contribution in [0, 0.1) is 0 Å². The SMILES string of the molecule is NC(=O)c1cnc2ccccc2n1.c1ccc2ncccc2c1. The summed E-state index contributed by atoms with van der Waals surface area (Å²) in [4.78, 5) is 23.0. The van der Waals surface area contributed by atoms with Gasteiger partial charge < -0.3 is 5.73 Å². The molecule has 0 fully saturated rings. The molecule has 0 atom stereocenters. The highest BCUT2D eigenvalue weighted by molar-refractivity contribution is 5.92. The van der Waals surface area contributed by atoms with Crippen molar-refractivity contribution >= 4 is 27.8 Å². The van der Waals surface area contributed by atoms with E-state index in [4.69, 9.17) is 5.73 Å². The number of carbonyl (C=O) groups excluding carboxylic acids is 1. The van der Waals surface area contributed by atoms with Gasteiger partial charge in [0.2, 0.25) is 0 Å². The predicted molar refractivity (Wildman–Crippen MR) is 89.8 cm³/mol. The zero-order valence-corrected chi connectivity index (χ0v) is 12.3. The lowest BCUT2D eigenvalue weighted by molar-refractivity contribution is 0.0995. The summed E-state index contributed by atoms with van der Waals surface area (Å²) in [5, 5.41) is 1.20. The standard InChI is InChI=1S/C9H7N3O.C9H7N/c10-9(13)8-5-11-6-3-1-2-4-7(6)12-8;1-2-6-9-8(4-1)5-3-7-10-9/h1-5H,(H2,10,13);1-7H. The molecular formula is C18H14N4O. The number of rotatable bonds is 1. The van der Waals surface area contributed by atoms with E-state index in [1.54, 1.807) is 6.07 Å². The van der Waals surface area contributed by atoms with Crippen LogP contribution in [0.5, 0.6) is 0 Å². The van der Waals surface area contributed by atoms with Gasteiger partial charge in [-0.2, -0.15) is 0 Å². The maximum Gasteiger partial charge on any atom is 0.268 e. The number of aromatic nitrogens is 3. The first-order valence-corrected chi connectivity index (χ1v) is 7.05. The molecule has 23 heavy (non-hydrogen) atoms. The number of fused-ring (bicyclic) bond motifs is 2. The van der Waals surface area contributed by atoms with Crippen LogP contribution in [0.25, 0.3) is 21.9 Å². The van der Waals surface area contributed by atoms with Crippen molar-refractivity contribution in [1.29, 1.82) is 0 Å². The summed E-state index contributed by atoms with van der Waals surface area (Å²) in [5.41, 5.74) is 7.75. The quantitative estimate of drug-likeness (QED) is 0.586. The van der Waals surface area contributed by atoms with E-state index in [2.05, 4.69) is 27.1 Å². The first-order chi connectivity index (χ1) is 11.2. The lowest BCUT2D eigenvalue weighted by atomic mass is 10.2. The highest BCUT2D eigenvalue weighted by Gasteiger charge is 2.03. The Morgan fingerprint density at radius 3 is 2.17 bits per heavy atom. The minimum absolute atomic E-state index is 0.193. The van der Waals surface area contributed by atoms with Crippen LogP contribution < -0.4 is 5.73 Å². The van der Waals surface area contributed by atoms with Gasteiger partial charge in [0.25, 0.3) is 5.91 Å². The summed E-state index contributed by atoms with van der Waals surface area (Å²) in [7, 11) is 0. The van der Waals surface area contributed by atoms with Crippen LogP contribution in [-0.2, 0) is 0 Å². The molecule has 4 aromatic rings. The molecule has 0 radical (unpaired) electrons. The minimum Gasteiger partial charge on any atom is -0.364 e. The number of benzene rings is 2. The summed E-state index contributed by atoms with van der Waals surface area (Å²) in [5.74, 6) is -0.557. The molecule has 0 spiro atoms. The van der Waals surface area contributed by atoms with Crippen LogP contribution in [-0.4, -0.2) is 20.9 Å². The maximum absolute atomic E-state index is 10.8. The van der Waals surface area contributed by atoms with Gasteiger partial charge in [0, 0.05) is 11.6 Å². The lowest BCUT2D eigenvalue weighted by Crippen LogP contribution is -2.13. The largest absolute Gasteiger partial charge is 0.364 e. The third-order valence-electron chi connectivity index (χ3n) is 3.21. The summed E-state index contributed by atoms with van der Waals surface area (Å²) in [6, 6.07) is 19.4. The number of hydrogen-bond donors (Lipinski definition) is 1. The third-order valence-corrected chi connectivity index (χ3v) is 3.21. The Hall–Kier alpha value is -3.34. The van der Waals surface area contributed by atoms with Gasteiger partial charge in [0.1, 0.15) is 5.69 Å². The number of primary amides is 1. The van der Waals surface area contributed by atoms with E-state index in [0.717, 1.165) is 11.0 Å². The molecule has 5 nitrogen and oxygen atoms in total. The summed E-state index contributed by atoms with van der Waals surface area (Å²) in [6.45, 7) is 0. The zero-order valence-electron chi connectivity index (χ0n) is 12.3. The summed E-state index contributed by atoms with van der Waals surface area (Å²) < 4.78 is 0. The summed E-state index contributed by atoms with van der Waals surface area (Å²) >= 11 is 0. The van der Waals surface area contributed by atoms with Crippen molar-refractivity contribution in [2.75, 3.05) is 0 Å². The molecule has 0 saturated carbocycles. The number of nitrogens with two attached hydrogens (primary N) is 1. The molecule has 112 valence electrons. The van der Waals surface area contributed by atoms with Gasteiger partial charge in [-0.25, -0.2) is 4.98 Å². The average Bonchev–Trinajstić information content (AvgIpc) is 2.62. The topological polar surface area (TPSA) is 81.8 Å². The molecule has 2 aromatic heterocycles. The average molecular weight is 302 g/mol. The predicted octanol–water partition coefficient (Wildman–Crippen LogP) is 2.96. The first kappa shape index (κ1) is 14.6. The van der Waals surface area contributed by atoms with Crippen molar-refractivity contribution in [2.24, 2.45) is 5.73 Å². The second-order valence-electron chi connectivity index (χ2n) is 4.80. The number of carbonyl (C=O) groups is 1. The normalized spacial score (nSPS) is 10.1. The van der Waals surface area contributed by atoms with E-state index in [0.29, 0.717) is 5.52 Å². The highest BCUT2D eigenvalue weighted by Crippen LogP contribution is 2.08. The van der Waals surface area contributed by atoms with Gasteiger partial charge in [0.15, 0.2) is 0 Å². The lowest BCUT2D eigenvalue weighted by Gasteiger charge is -1.97. The van der Waals surface area contributed by atoms with Gasteiger partial charge >= 0.3 is 0 Å². The number of pyridine rings is 1. The molecule has 0 bridgehead atoms. The highest BCUT2D eigenvalue weighted by atomic mass is 16.1. The van der Waals surface area contributed by atoms with Crippen molar-refractivity contribution in [3.63, 3.8) is 0 Å². The second-order valence-corrected chi connectivity index (χ2v) is 4.80. The Bertz CT molecular complexity index is 903. The molecule has 0 unspecified atom stereocenters. The fourth-order valence-corrected chi connectivity index (χ4v) is 2.09. The van der Waals surface area contributed by atoms with Crippen LogP contribution in [0.1, 0.15) is 10.5 Å². The van der Waals surface area contributed by atoms with Crippen molar-refractivity contribution in [1.82, 2.24) is 15.0 Å². The molecule has 0 aliphatic carbocycles. The number of nitrogens with zero attached hydrogens (tertiary/aromatic N) is 3. The third kappa shape index (κ3) is 3.47. The van der Waals surface area contributed by atoms with Gasteiger partial charge in [-0.3, -0.25) is 14.8 Å². The van der Waals surface area contributed by atoms with Gasteiger partial charge in [-0.15, -0.1) is 0 Å². The Morgan fingerprint density at radius 1 is 0.783 bits per heavy atom. The maximum atomic E-state index is 10.8. The molecule has 1 amide bonds. The number of para-hydroxylation sites is 3. The van der Waals surface area contributed by atoms with Crippen LogP contribution in [0.4, 0.5) is 0 Å². The molecule has 0 saturated heterocycles. The number of hydrogen-bond acceptors (Lipinski definition) is 4. The molecule has 5 heteroatoms. The first-order valence-electron chi connectivity index (χ1n) is 7.05. The van der Waals surface area contributed by atoms with E-state index in [1.807, 2.05) is 48.7 Å². The van der Waals surface area contributed by atoms with Gasteiger partial charge in [-0.05, 0) is 24.3 Å². The van der Waals surface area contributed by atoms with Crippen molar-refractivity contribution in [3.8, 4) is 0 Å². The fraction of sp³-hybridized carbons (Fsp3) is 0. The molecule has 2 N–H and O–H groups in total. The monoisotopic (exact) mass is 302 g/mol. The van der Waals surface area contributed by atoms with E-state index in [1.165, 1.54) is 11.6 Å². The van der Waals surface area contributed by atoms with Gasteiger partial charge in [-0.1, -0.05) is 36.4 Å². The fourth-order valence-electron chi connectivity index (χ4n) is 2.09. The molecule has 2 heterocycles. The molecule has 0 aliphatic heterocycles. The van der Waals surface area contributed by atoms with E-state index in [-0.39, 0.29) is 5.69 Å². The molecule has 0 aliphatic rings. The Labute approximate surface area is 132 Å². The molecule has 2 aromatic carbocycles. The van der Waals surface area contributed by atoms with Crippen molar-refractivity contribution in [3.05, 3.63) is 78.8 Å². The Morgan fingerprint density at radius 2 is 1.43 bits per heavy atom. The Balaban J connectivity index is 0.000000140. The smallest absolute Gasteiger partial charge is 0.268 e. The summed E-state index contributed by atoms with van der Waals surface area (Å²) in [6.07, 6.45) is 3.19. The van der Waals surface area contributed by atoms with E-state index >= 15 is 0 Å². The van der Waals surface area contributed by atoms with Crippen LogP contribution in [0.2, 0.25) is 0 Å². The minimum atomic E-state index is -0.557. The Kier molecular flexibility index (Phi) is 4.20. The second kappa shape index (κ2) is 6.62. The van der Waals surface area contributed by atoms with Gasteiger partial charge in [0.05, 0.1) is 22.7 Å².